The molecule has 2 unspecified atom stereocenters. The Bertz CT molecular complexity index is 418. The summed E-state index contributed by atoms with van der Waals surface area (Å²) in [5.41, 5.74) is 0. The van der Waals surface area contributed by atoms with Gasteiger partial charge < -0.3 is 9.88 Å². The van der Waals surface area contributed by atoms with Gasteiger partial charge in [0, 0.05) is 24.3 Å². The predicted molar refractivity (Wildman–Crippen MR) is 78.5 cm³/mol. The molecular weight excluding hydrogens is 256 g/mol. The molecule has 1 aliphatic heterocycles. The maximum Gasteiger partial charge on any atom is 0.191 e. The Morgan fingerprint density at radius 2 is 2.11 bits per heavy atom. The van der Waals surface area contributed by atoms with Crippen molar-refractivity contribution in [2.45, 2.75) is 74.4 Å². The molecule has 19 heavy (non-hydrogen) atoms. The maximum absolute atomic E-state index is 4.44. The number of nitrogens with one attached hydrogen (secondary N) is 1. The van der Waals surface area contributed by atoms with Gasteiger partial charge in [0.2, 0.25) is 0 Å². The van der Waals surface area contributed by atoms with Crippen molar-refractivity contribution in [1.82, 2.24) is 20.1 Å². The average molecular weight is 280 g/mol. The first kappa shape index (κ1) is 13.4. The molecular formula is C14H24N4S. The molecule has 4 nitrogen and oxygen atoms in total. The molecule has 106 valence electrons. The van der Waals surface area contributed by atoms with E-state index in [1.54, 1.807) is 0 Å². The van der Waals surface area contributed by atoms with Crippen LogP contribution < -0.4 is 5.32 Å². The molecule has 3 rings (SSSR count). The van der Waals surface area contributed by atoms with Crippen LogP contribution in [0.5, 0.6) is 0 Å². The zero-order valence-corrected chi connectivity index (χ0v) is 12.6. The average Bonchev–Trinajstić information content (AvgIpc) is 2.68. The fourth-order valence-electron chi connectivity index (χ4n) is 3.21. The minimum absolute atomic E-state index is 0.692. The van der Waals surface area contributed by atoms with E-state index >= 15 is 0 Å². The smallest absolute Gasteiger partial charge is 0.191 e. The Balaban J connectivity index is 1.68. The van der Waals surface area contributed by atoms with Crippen molar-refractivity contribution >= 4 is 11.8 Å². The van der Waals surface area contributed by atoms with Crippen molar-refractivity contribution in [1.29, 1.82) is 0 Å². The maximum atomic E-state index is 4.44. The standard InChI is InChI=1S/C14H24N4S/c1-15-11-6-5-7-12(10-11)19-14-17-16-13-8-3-2-4-9-18(13)14/h11-12,15H,2-10H2,1H3. The lowest BCUT2D eigenvalue weighted by atomic mass is 9.95. The summed E-state index contributed by atoms with van der Waals surface area (Å²) in [5.74, 6) is 1.21. The Morgan fingerprint density at radius 3 is 3.00 bits per heavy atom. The molecule has 2 aliphatic rings. The van der Waals surface area contributed by atoms with Crippen molar-refractivity contribution in [3.63, 3.8) is 0 Å². The van der Waals surface area contributed by atoms with Crippen molar-refractivity contribution in [3.05, 3.63) is 5.82 Å². The first-order valence-corrected chi connectivity index (χ1v) is 8.51. The summed E-state index contributed by atoms with van der Waals surface area (Å²) in [6.07, 6.45) is 10.2. The molecule has 2 heterocycles. The Kier molecular flexibility index (Phi) is 4.43. The van der Waals surface area contributed by atoms with Crippen LogP contribution in [0.15, 0.2) is 5.16 Å². The summed E-state index contributed by atoms with van der Waals surface area (Å²) in [6, 6.07) is 0.692. The fraction of sp³-hybridized carbons (Fsp3) is 0.857. The molecule has 1 fully saturated rings. The van der Waals surface area contributed by atoms with Crippen LogP contribution in [-0.4, -0.2) is 33.1 Å². The summed E-state index contributed by atoms with van der Waals surface area (Å²) in [6.45, 7) is 1.12. The summed E-state index contributed by atoms with van der Waals surface area (Å²) in [7, 11) is 2.08. The van der Waals surface area contributed by atoms with E-state index in [-0.39, 0.29) is 0 Å². The lowest BCUT2D eigenvalue weighted by molar-refractivity contribution is 0.402. The van der Waals surface area contributed by atoms with Crippen LogP contribution >= 0.6 is 11.8 Å². The molecule has 1 aromatic rings. The van der Waals surface area contributed by atoms with E-state index in [0.717, 1.165) is 13.0 Å². The Labute approximate surface area is 119 Å². The van der Waals surface area contributed by atoms with Crippen LogP contribution in [0.1, 0.15) is 50.8 Å². The molecule has 0 amide bonds. The number of hydrogen-bond donors (Lipinski definition) is 1. The molecule has 0 bridgehead atoms. The number of nitrogens with zero attached hydrogens (tertiary/aromatic N) is 3. The van der Waals surface area contributed by atoms with Gasteiger partial charge in [-0.1, -0.05) is 24.6 Å². The number of aromatic nitrogens is 3. The van der Waals surface area contributed by atoms with E-state index in [4.69, 9.17) is 0 Å². The first-order chi connectivity index (χ1) is 9.36. The fourth-order valence-corrected chi connectivity index (χ4v) is 4.53. The zero-order chi connectivity index (χ0) is 13.1. The van der Waals surface area contributed by atoms with Crippen molar-refractivity contribution in [2.75, 3.05) is 7.05 Å². The normalized spacial score (nSPS) is 27.8. The zero-order valence-electron chi connectivity index (χ0n) is 11.8. The van der Waals surface area contributed by atoms with Gasteiger partial charge in [-0.3, -0.25) is 0 Å². The molecule has 0 saturated heterocycles. The summed E-state index contributed by atoms with van der Waals surface area (Å²) >= 11 is 1.96. The molecule has 1 aliphatic carbocycles. The number of rotatable bonds is 3. The van der Waals surface area contributed by atoms with Crippen molar-refractivity contribution in [3.8, 4) is 0 Å². The third-order valence-electron chi connectivity index (χ3n) is 4.38. The largest absolute Gasteiger partial charge is 0.317 e. The van der Waals surface area contributed by atoms with Crippen LogP contribution in [0.25, 0.3) is 0 Å². The molecule has 1 saturated carbocycles. The number of thioether (sulfide) groups is 1. The van der Waals surface area contributed by atoms with Gasteiger partial charge in [0.1, 0.15) is 5.82 Å². The van der Waals surface area contributed by atoms with Gasteiger partial charge in [-0.05, 0) is 39.2 Å². The third-order valence-corrected chi connectivity index (χ3v) is 5.66. The van der Waals surface area contributed by atoms with E-state index in [2.05, 4.69) is 27.1 Å². The van der Waals surface area contributed by atoms with E-state index in [1.165, 1.54) is 55.9 Å². The molecule has 0 spiro atoms. The highest BCUT2D eigenvalue weighted by atomic mass is 32.2. The molecule has 2 atom stereocenters. The van der Waals surface area contributed by atoms with Gasteiger partial charge in [0.15, 0.2) is 5.16 Å². The topological polar surface area (TPSA) is 42.7 Å². The van der Waals surface area contributed by atoms with E-state index in [9.17, 15) is 0 Å². The molecule has 1 N–H and O–H groups in total. The molecule has 0 aromatic carbocycles. The number of hydrogen-bond acceptors (Lipinski definition) is 4. The van der Waals surface area contributed by atoms with Crippen LogP contribution in [0.3, 0.4) is 0 Å². The summed E-state index contributed by atoms with van der Waals surface area (Å²) in [4.78, 5) is 0. The van der Waals surface area contributed by atoms with Gasteiger partial charge in [-0.25, -0.2) is 0 Å². The highest BCUT2D eigenvalue weighted by Gasteiger charge is 2.24. The van der Waals surface area contributed by atoms with Crippen LogP contribution in [-0.2, 0) is 13.0 Å². The minimum Gasteiger partial charge on any atom is -0.317 e. The van der Waals surface area contributed by atoms with Crippen LogP contribution in [0.4, 0.5) is 0 Å². The Morgan fingerprint density at radius 1 is 1.16 bits per heavy atom. The van der Waals surface area contributed by atoms with Gasteiger partial charge in [-0.2, -0.15) is 0 Å². The Hall–Kier alpha value is -0.550. The monoisotopic (exact) mass is 280 g/mol. The second-order valence-electron chi connectivity index (χ2n) is 5.75. The lowest BCUT2D eigenvalue weighted by Gasteiger charge is -2.28. The van der Waals surface area contributed by atoms with Crippen LogP contribution in [0, 0.1) is 0 Å². The molecule has 1 aromatic heterocycles. The van der Waals surface area contributed by atoms with E-state index in [1.807, 2.05) is 11.8 Å². The highest BCUT2D eigenvalue weighted by molar-refractivity contribution is 7.99. The summed E-state index contributed by atoms with van der Waals surface area (Å²) in [5, 5.41) is 14.1. The molecule has 0 radical (unpaired) electrons. The van der Waals surface area contributed by atoms with Crippen molar-refractivity contribution < 1.29 is 0 Å². The summed E-state index contributed by atoms with van der Waals surface area (Å²) < 4.78 is 2.38. The van der Waals surface area contributed by atoms with E-state index in [0.29, 0.717) is 11.3 Å². The SMILES string of the molecule is CNC1CCCC(Sc2nnc3n2CCCCC3)C1. The van der Waals surface area contributed by atoms with Gasteiger partial charge >= 0.3 is 0 Å². The quantitative estimate of drug-likeness (QED) is 0.924. The second-order valence-corrected chi connectivity index (χ2v) is 7.02. The van der Waals surface area contributed by atoms with Gasteiger partial charge in [0.25, 0.3) is 0 Å². The predicted octanol–water partition coefficient (Wildman–Crippen LogP) is 2.63. The lowest BCUT2D eigenvalue weighted by Crippen LogP contribution is -2.32. The second kappa shape index (κ2) is 6.27. The third kappa shape index (κ3) is 3.14. The van der Waals surface area contributed by atoms with Crippen LogP contribution in [0.2, 0.25) is 0 Å². The first-order valence-electron chi connectivity index (χ1n) is 7.63. The number of fused-ring (bicyclic) bond motifs is 1. The minimum atomic E-state index is 0.692. The van der Waals surface area contributed by atoms with Crippen molar-refractivity contribution in [2.24, 2.45) is 0 Å². The van der Waals surface area contributed by atoms with Gasteiger partial charge in [-0.15, -0.1) is 10.2 Å². The van der Waals surface area contributed by atoms with E-state index < -0.39 is 0 Å². The number of aryl methyl sites for hydroxylation is 1. The molecule has 5 heteroatoms. The van der Waals surface area contributed by atoms with Gasteiger partial charge in [0.05, 0.1) is 0 Å². The highest BCUT2D eigenvalue weighted by Crippen LogP contribution is 2.33.